The molecule has 0 spiro atoms. The monoisotopic (exact) mass is 216 g/mol. The van der Waals surface area contributed by atoms with Gasteiger partial charge in [0.2, 0.25) is 5.91 Å². The minimum Gasteiger partial charge on any atom is -0.376 e. The van der Waals surface area contributed by atoms with Crippen molar-refractivity contribution in [2.75, 3.05) is 13.2 Å². The molecule has 0 bridgehead atoms. The smallest absolute Gasteiger partial charge is 0.234 e. The average molecular weight is 216 g/mol. The largest absolute Gasteiger partial charge is 0.376 e. The first kappa shape index (κ1) is 14.4. The van der Waals surface area contributed by atoms with Crippen molar-refractivity contribution in [3.05, 3.63) is 0 Å². The molecule has 0 atom stereocenters. The van der Waals surface area contributed by atoms with Crippen LogP contribution in [-0.2, 0) is 9.53 Å². The molecule has 0 radical (unpaired) electrons. The van der Waals surface area contributed by atoms with Crippen LogP contribution in [0, 0.1) is 0 Å². The molecule has 4 heteroatoms. The van der Waals surface area contributed by atoms with E-state index >= 15 is 0 Å². The molecule has 4 nitrogen and oxygen atoms in total. The quantitative estimate of drug-likeness (QED) is 0.722. The number of hydrogen-bond donors (Lipinski definition) is 2. The molecule has 0 aromatic rings. The highest BCUT2D eigenvalue weighted by molar-refractivity contribution is 5.78. The van der Waals surface area contributed by atoms with Crippen LogP contribution in [0.3, 0.4) is 0 Å². The third kappa shape index (κ3) is 8.39. The molecular formula is C11H24N2O2. The number of nitrogens with one attached hydrogen (secondary N) is 1. The van der Waals surface area contributed by atoms with E-state index in [2.05, 4.69) is 5.32 Å². The fourth-order valence-electron chi connectivity index (χ4n) is 1.10. The van der Waals surface area contributed by atoms with Crippen molar-refractivity contribution in [2.24, 2.45) is 5.73 Å². The van der Waals surface area contributed by atoms with Gasteiger partial charge < -0.3 is 15.8 Å². The van der Waals surface area contributed by atoms with Gasteiger partial charge in [0.25, 0.3) is 0 Å². The van der Waals surface area contributed by atoms with E-state index in [0.29, 0.717) is 6.61 Å². The van der Waals surface area contributed by atoms with Crippen molar-refractivity contribution in [3.8, 4) is 0 Å². The van der Waals surface area contributed by atoms with E-state index < -0.39 is 0 Å². The molecule has 0 fully saturated rings. The van der Waals surface area contributed by atoms with Gasteiger partial charge in [0.05, 0.1) is 12.1 Å². The van der Waals surface area contributed by atoms with E-state index in [9.17, 15) is 4.79 Å². The van der Waals surface area contributed by atoms with Crippen LogP contribution in [-0.4, -0.2) is 30.2 Å². The first-order valence-electron chi connectivity index (χ1n) is 5.31. The van der Waals surface area contributed by atoms with Gasteiger partial charge in [-0.3, -0.25) is 4.79 Å². The summed E-state index contributed by atoms with van der Waals surface area (Å²) in [6.45, 7) is 10.6. The van der Waals surface area contributed by atoms with Crippen molar-refractivity contribution in [1.29, 1.82) is 0 Å². The molecule has 0 aliphatic rings. The molecule has 0 aromatic carbocycles. The molecule has 90 valence electrons. The summed E-state index contributed by atoms with van der Waals surface area (Å²) in [7, 11) is 0. The van der Waals surface area contributed by atoms with E-state index in [1.165, 1.54) is 0 Å². The Hall–Kier alpha value is -0.610. The molecule has 0 aliphatic heterocycles. The fourth-order valence-corrected chi connectivity index (χ4v) is 1.10. The van der Waals surface area contributed by atoms with Crippen LogP contribution < -0.4 is 11.1 Å². The third-order valence-corrected chi connectivity index (χ3v) is 1.93. The van der Waals surface area contributed by atoms with Crippen molar-refractivity contribution in [3.63, 3.8) is 0 Å². The van der Waals surface area contributed by atoms with Crippen molar-refractivity contribution in [2.45, 2.75) is 52.2 Å². The molecule has 1 amide bonds. The lowest BCUT2D eigenvalue weighted by Crippen LogP contribution is -2.47. The molecule has 15 heavy (non-hydrogen) atoms. The zero-order valence-electron chi connectivity index (χ0n) is 10.5. The Morgan fingerprint density at radius 1 is 1.27 bits per heavy atom. The van der Waals surface area contributed by atoms with Gasteiger partial charge in [-0.05, 0) is 41.0 Å². The van der Waals surface area contributed by atoms with Crippen molar-refractivity contribution >= 4 is 5.91 Å². The zero-order valence-corrected chi connectivity index (χ0v) is 10.5. The summed E-state index contributed by atoms with van der Waals surface area (Å²) in [5, 5.41) is 2.85. The first-order valence-corrected chi connectivity index (χ1v) is 5.31. The lowest BCUT2D eigenvalue weighted by Gasteiger charge is -2.28. The Bertz CT molecular complexity index is 207. The highest BCUT2D eigenvalue weighted by atomic mass is 16.5. The molecule has 0 rings (SSSR count). The lowest BCUT2D eigenvalue weighted by atomic mass is 10.0. The minimum absolute atomic E-state index is 0.0313. The van der Waals surface area contributed by atoms with Gasteiger partial charge in [-0.1, -0.05) is 0 Å². The average Bonchev–Trinajstić information content (AvgIpc) is 2.00. The third-order valence-electron chi connectivity index (χ3n) is 1.93. The molecule has 0 saturated heterocycles. The molecule has 0 heterocycles. The predicted molar refractivity (Wildman–Crippen MR) is 61.6 cm³/mol. The zero-order chi connectivity index (χ0) is 12.1. The Labute approximate surface area is 92.6 Å². The Morgan fingerprint density at radius 2 is 1.80 bits per heavy atom. The Kier molecular flexibility index (Phi) is 5.24. The van der Waals surface area contributed by atoms with Crippen molar-refractivity contribution in [1.82, 2.24) is 5.32 Å². The van der Waals surface area contributed by atoms with Crippen LogP contribution in [0.1, 0.15) is 41.0 Å². The van der Waals surface area contributed by atoms with Gasteiger partial charge in [-0.2, -0.15) is 0 Å². The second-order valence-electron chi connectivity index (χ2n) is 5.35. The first-order chi connectivity index (χ1) is 6.66. The summed E-state index contributed by atoms with van der Waals surface area (Å²) in [5.41, 5.74) is 4.84. The number of carbonyl (C=O) groups excluding carboxylic acids is 1. The molecule has 0 aliphatic carbocycles. The lowest BCUT2D eigenvalue weighted by molar-refractivity contribution is -0.121. The van der Waals surface area contributed by atoms with Crippen LogP contribution >= 0.6 is 0 Å². The number of carbonyl (C=O) groups is 1. The maximum Gasteiger partial charge on any atom is 0.234 e. The van der Waals surface area contributed by atoms with Gasteiger partial charge in [-0.25, -0.2) is 0 Å². The van der Waals surface area contributed by atoms with Crippen LogP contribution in [0.15, 0.2) is 0 Å². The van der Waals surface area contributed by atoms with Crippen molar-refractivity contribution < 1.29 is 9.53 Å². The van der Waals surface area contributed by atoms with E-state index in [1.54, 1.807) is 0 Å². The normalized spacial score (nSPS) is 12.7. The second-order valence-corrected chi connectivity index (χ2v) is 5.35. The van der Waals surface area contributed by atoms with Crippen LogP contribution in [0.2, 0.25) is 0 Å². The molecule has 0 saturated carbocycles. The van der Waals surface area contributed by atoms with Gasteiger partial charge in [0.15, 0.2) is 0 Å². The van der Waals surface area contributed by atoms with E-state index in [-0.39, 0.29) is 23.6 Å². The van der Waals surface area contributed by atoms with E-state index in [1.807, 2.05) is 34.6 Å². The van der Waals surface area contributed by atoms with E-state index in [4.69, 9.17) is 10.5 Å². The van der Waals surface area contributed by atoms with Gasteiger partial charge in [0.1, 0.15) is 0 Å². The predicted octanol–water partition coefficient (Wildman–Crippen LogP) is 1.05. The maximum absolute atomic E-state index is 11.1. The summed E-state index contributed by atoms with van der Waals surface area (Å²) in [4.78, 5) is 11.1. The molecule has 0 unspecified atom stereocenters. The van der Waals surface area contributed by atoms with Gasteiger partial charge in [-0.15, -0.1) is 0 Å². The van der Waals surface area contributed by atoms with Gasteiger partial charge >= 0.3 is 0 Å². The number of hydrogen-bond acceptors (Lipinski definition) is 3. The SMILES string of the molecule is CC(C)(CCOC(C)(C)C)NC(=O)CN. The second kappa shape index (κ2) is 5.47. The Balaban J connectivity index is 3.89. The van der Waals surface area contributed by atoms with E-state index in [0.717, 1.165) is 6.42 Å². The molecule has 0 aromatic heterocycles. The fraction of sp³-hybridized carbons (Fsp3) is 0.909. The number of ether oxygens (including phenoxy) is 1. The van der Waals surface area contributed by atoms with Gasteiger partial charge in [0, 0.05) is 12.1 Å². The maximum atomic E-state index is 11.1. The number of amides is 1. The van der Waals surface area contributed by atoms with Crippen LogP contribution in [0.25, 0.3) is 0 Å². The highest BCUT2D eigenvalue weighted by Crippen LogP contribution is 2.12. The highest BCUT2D eigenvalue weighted by Gasteiger charge is 2.20. The molecular weight excluding hydrogens is 192 g/mol. The summed E-state index contributed by atoms with van der Waals surface area (Å²) >= 11 is 0. The standard InChI is InChI=1S/C11H24N2O2/c1-10(2,3)15-7-6-11(4,5)13-9(14)8-12/h6-8,12H2,1-5H3,(H,13,14). The summed E-state index contributed by atoms with van der Waals surface area (Å²) < 4.78 is 5.60. The number of nitrogens with two attached hydrogens (primary N) is 1. The topological polar surface area (TPSA) is 64.3 Å². The van der Waals surface area contributed by atoms with Crippen LogP contribution in [0.5, 0.6) is 0 Å². The summed E-state index contributed by atoms with van der Waals surface area (Å²) in [6, 6.07) is 0. The number of rotatable bonds is 5. The minimum atomic E-state index is -0.262. The molecule has 3 N–H and O–H groups in total. The Morgan fingerprint density at radius 3 is 2.20 bits per heavy atom. The summed E-state index contributed by atoms with van der Waals surface area (Å²) in [6.07, 6.45) is 0.774. The summed E-state index contributed by atoms with van der Waals surface area (Å²) in [5.74, 6) is -0.129. The van der Waals surface area contributed by atoms with Crippen LogP contribution in [0.4, 0.5) is 0 Å².